The summed E-state index contributed by atoms with van der Waals surface area (Å²) in [6.07, 6.45) is 0. The average Bonchev–Trinajstić information content (AvgIpc) is 2.47. The monoisotopic (exact) mass is 293 g/mol. The molecule has 0 heterocycles. The molecule has 0 aliphatic carbocycles. The van der Waals surface area contributed by atoms with E-state index in [1.807, 2.05) is 20.0 Å². The van der Waals surface area contributed by atoms with E-state index in [2.05, 4.69) is 16.0 Å². The largest absolute Gasteiger partial charge is 0.388 e. The summed E-state index contributed by atoms with van der Waals surface area (Å²) in [5.74, 6) is -0.501. The lowest BCUT2D eigenvalue weighted by atomic mass is 10.1. The molecule has 0 radical (unpaired) electrons. The Bertz CT molecular complexity index is 503. The number of hydrogen-bond donors (Lipinski definition) is 3. The molecule has 0 aromatic heterocycles. The lowest BCUT2D eigenvalue weighted by molar-refractivity contribution is -0.122. The van der Waals surface area contributed by atoms with Crippen molar-refractivity contribution in [3.05, 3.63) is 29.3 Å². The number of nitrogens with one attached hydrogen (secondary N) is 3. The number of amides is 2. The molecule has 2 amide bonds. The van der Waals surface area contributed by atoms with Gasteiger partial charge in [-0.05, 0) is 37.6 Å². The molecule has 1 unspecified atom stereocenters. The van der Waals surface area contributed by atoms with E-state index in [1.54, 1.807) is 26.2 Å². The number of hydrogen-bond acceptors (Lipinski definition) is 4. The standard InChI is InChI=1S/C15H23N3O3/c1-10-9-12(5-6-13(10)16-3)15(20)18-11(2)14(19)17-7-8-21-4/h5-6,9,11,16H,7-8H2,1-4H3,(H,17,19)(H,18,20). The fourth-order valence-electron chi connectivity index (χ4n) is 1.86. The second-order valence-electron chi connectivity index (χ2n) is 4.76. The lowest BCUT2D eigenvalue weighted by Crippen LogP contribution is -2.45. The Morgan fingerprint density at radius 2 is 2.05 bits per heavy atom. The van der Waals surface area contributed by atoms with Crippen LogP contribution in [0.15, 0.2) is 18.2 Å². The molecule has 0 aliphatic rings. The smallest absolute Gasteiger partial charge is 0.251 e. The molecular formula is C15H23N3O3. The quantitative estimate of drug-likeness (QED) is 0.653. The second kappa shape index (κ2) is 8.26. The summed E-state index contributed by atoms with van der Waals surface area (Å²) in [5, 5.41) is 8.40. The van der Waals surface area contributed by atoms with Crippen LogP contribution in [0, 0.1) is 6.92 Å². The molecule has 0 aliphatic heterocycles. The Morgan fingerprint density at radius 1 is 1.33 bits per heavy atom. The SMILES string of the molecule is CNc1ccc(C(=O)NC(C)C(=O)NCCOC)cc1C. The predicted molar refractivity (Wildman–Crippen MR) is 82.5 cm³/mol. The molecule has 6 heteroatoms. The van der Waals surface area contributed by atoms with Gasteiger partial charge in [-0.15, -0.1) is 0 Å². The Hall–Kier alpha value is -2.08. The number of benzene rings is 1. The van der Waals surface area contributed by atoms with E-state index in [0.717, 1.165) is 11.3 Å². The Labute approximate surface area is 125 Å². The molecule has 6 nitrogen and oxygen atoms in total. The van der Waals surface area contributed by atoms with E-state index in [4.69, 9.17) is 4.74 Å². The van der Waals surface area contributed by atoms with Crippen molar-refractivity contribution in [3.8, 4) is 0 Å². The van der Waals surface area contributed by atoms with E-state index in [-0.39, 0.29) is 11.8 Å². The summed E-state index contributed by atoms with van der Waals surface area (Å²) in [7, 11) is 3.39. The van der Waals surface area contributed by atoms with Gasteiger partial charge in [0.05, 0.1) is 6.61 Å². The minimum atomic E-state index is -0.598. The molecule has 0 spiro atoms. The number of anilines is 1. The lowest BCUT2D eigenvalue weighted by Gasteiger charge is -2.14. The van der Waals surface area contributed by atoms with E-state index in [0.29, 0.717) is 18.7 Å². The van der Waals surface area contributed by atoms with Gasteiger partial charge in [0, 0.05) is 32.0 Å². The molecule has 1 aromatic rings. The van der Waals surface area contributed by atoms with Crippen molar-refractivity contribution in [1.29, 1.82) is 0 Å². The zero-order chi connectivity index (χ0) is 15.8. The van der Waals surface area contributed by atoms with Crippen molar-refractivity contribution in [3.63, 3.8) is 0 Å². The molecule has 0 saturated carbocycles. The minimum Gasteiger partial charge on any atom is -0.388 e. The topological polar surface area (TPSA) is 79.5 Å². The fraction of sp³-hybridized carbons (Fsp3) is 0.467. The van der Waals surface area contributed by atoms with Crippen LogP contribution in [0.2, 0.25) is 0 Å². The maximum Gasteiger partial charge on any atom is 0.251 e. The van der Waals surface area contributed by atoms with Gasteiger partial charge in [-0.25, -0.2) is 0 Å². The minimum absolute atomic E-state index is 0.232. The highest BCUT2D eigenvalue weighted by molar-refractivity contribution is 5.97. The van der Waals surface area contributed by atoms with Crippen LogP contribution >= 0.6 is 0 Å². The molecule has 21 heavy (non-hydrogen) atoms. The molecule has 1 aromatic carbocycles. The van der Waals surface area contributed by atoms with Crippen LogP contribution in [0.5, 0.6) is 0 Å². The van der Waals surface area contributed by atoms with Gasteiger partial charge < -0.3 is 20.7 Å². The Balaban J connectivity index is 2.59. The van der Waals surface area contributed by atoms with Crippen molar-refractivity contribution in [2.75, 3.05) is 32.6 Å². The van der Waals surface area contributed by atoms with E-state index >= 15 is 0 Å². The van der Waals surface area contributed by atoms with Gasteiger partial charge in [0.15, 0.2) is 0 Å². The van der Waals surface area contributed by atoms with E-state index in [9.17, 15) is 9.59 Å². The average molecular weight is 293 g/mol. The van der Waals surface area contributed by atoms with Crippen LogP contribution in [0.4, 0.5) is 5.69 Å². The molecule has 1 atom stereocenters. The summed E-state index contributed by atoms with van der Waals surface area (Å²) in [6, 6.07) is 4.76. The van der Waals surface area contributed by atoms with Gasteiger partial charge in [-0.2, -0.15) is 0 Å². The molecular weight excluding hydrogens is 270 g/mol. The second-order valence-corrected chi connectivity index (χ2v) is 4.76. The summed E-state index contributed by atoms with van der Waals surface area (Å²) >= 11 is 0. The molecule has 1 rings (SSSR count). The van der Waals surface area contributed by atoms with Gasteiger partial charge in [-0.1, -0.05) is 0 Å². The third-order valence-electron chi connectivity index (χ3n) is 3.10. The van der Waals surface area contributed by atoms with Gasteiger partial charge >= 0.3 is 0 Å². The zero-order valence-electron chi connectivity index (χ0n) is 12.9. The summed E-state index contributed by atoms with van der Waals surface area (Å²) in [5.41, 5.74) is 2.47. The van der Waals surface area contributed by atoms with Crippen molar-refractivity contribution < 1.29 is 14.3 Å². The first-order chi connectivity index (χ1) is 9.99. The molecule has 116 valence electrons. The predicted octanol–water partition coefficient (Wildman–Crippen LogP) is 0.918. The van der Waals surface area contributed by atoms with Crippen LogP contribution in [-0.2, 0) is 9.53 Å². The first-order valence-corrected chi connectivity index (χ1v) is 6.85. The highest BCUT2D eigenvalue weighted by atomic mass is 16.5. The maximum absolute atomic E-state index is 12.1. The zero-order valence-corrected chi connectivity index (χ0v) is 12.9. The number of carbonyl (C=O) groups is 2. The molecule has 0 bridgehead atoms. The van der Waals surface area contributed by atoms with Crippen LogP contribution in [0.3, 0.4) is 0 Å². The molecule has 0 saturated heterocycles. The van der Waals surface area contributed by atoms with E-state index in [1.165, 1.54) is 0 Å². The Morgan fingerprint density at radius 3 is 2.62 bits per heavy atom. The van der Waals surface area contributed by atoms with Crippen LogP contribution < -0.4 is 16.0 Å². The van der Waals surface area contributed by atoms with Crippen LogP contribution in [0.25, 0.3) is 0 Å². The normalized spacial score (nSPS) is 11.6. The molecule has 0 fully saturated rings. The van der Waals surface area contributed by atoms with Crippen LogP contribution in [-0.4, -0.2) is 45.2 Å². The van der Waals surface area contributed by atoms with Gasteiger partial charge in [0.1, 0.15) is 6.04 Å². The number of methoxy groups -OCH3 is 1. The highest BCUT2D eigenvalue weighted by Crippen LogP contribution is 2.15. The molecule has 3 N–H and O–H groups in total. The van der Waals surface area contributed by atoms with Crippen molar-refractivity contribution in [2.45, 2.75) is 19.9 Å². The van der Waals surface area contributed by atoms with Gasteiger partial charge in [0.2, 0.25) is 5.91 Å². The fourth-order valence-corrected chi connectivity index (χ4v) is 1.86. The third kappa shape index (κ3) is 5.07. The summed E-state index contributed by atoms with van der Waals surface area (Å²) in [4.78, 5) is 23.9. The maximum atomic E-state index is 12.1. The number of carbonyl (C=O) groups excluding carboxylic acids is 2. The third-order valence-corrected chi connectivity index (χ3v) is 3.10. The first kappa shape index (κ1) is 17.0. The van der Waals surface area contributed by atoms with Gasteiger partial charge in [0.25, 0.3) is 5.91 Å². The number of aryl methyl sites for hydroxylation is 1. The van der Waals surface area contributed by atoms with Crippen molar-refractivity contribution >= 4 is 17.5 Å². The van der Waals surface area contributed by atoms with Crippen LogP contribution in [0.1, 0.15) is 22.8 Å². The first-order valence-electron chi connectivity index (χ1n) is 6.85. The van der Waals surface area contributed by atoms with Gasteiger partial charge in [-0.3, -0.25) is 9.59 Å². The summed E-state index contributed by atoms with van der Waals surface area (Å²) in [6.45, 7) is 4.43. The highest BCUT2D eigenvalue weighted by Gasteiger charge is 2.16. The number of rotatable bonds is 7. The number of ether oxygens (including phenoxy) is 1. The van der Waals surface area contributed by atoms with Crippen molar-refractivity contribution in [2.24, 2.45) is 0 Å². The van der Waals surface area contributed by atoms with E-state index < -0.39 is 6.04 Å². The Kier molecular flexibility index (Phi) is 6.68. The van der Waals surface area contributed by atoms with Crippen molar-refractivity contribution in [1.82, 2.24) is 10.6 Å². The summed E-state index contributed by atoms with van der Waals surface area (Å²) < 4.78 is 4.85.